The Morgan fingerprint density at radius 2 is 2.29 bits per heavy atom. The first-order valence-electron chi connectivity index (χ1n) is 7.61. The number of carbonyl (C=O) groups excluding carboxylic acids is 1. The summed E-state index contributed by atoms with van der Waals surface area (Å²) in [6.07, 6.45) is 8.72. The maximum Gasteiger partial charge on any atom is 0.326 e. The van der Waals surface area contributed by atoms with E-state index in [1.807, 2.05) is 0 Å². The monoisotopic (exact) mass is 291 g/mol. The van der Waals surface area contributed by atoms with E-state index >= 15 is 0 Å². The third kappa shape index (κ3) is 3.25. The van der Waals surface area contributed by atoms with Crippen molar-refractivity contribution >= 4 is 11.9 Å². The maximum atomic E-state index is 12.1. The number of nitrogens with one attached hydrogen (secondary N) is 2. The quantitative estimate of drug-likeness (QED) is 0.737. The molecule has 3 N–H and O–H groups in total. The van der Waals surface area contributed by atoms with Gasteiger partial charge in [0.1, 0.15) is 6.04 Å². The van der Waals surface area contributed by atoms with Crippen LogP contribution in [0.1, 0.15) is 37.8 Å². The van der Waals surface area contributed by atoms with Gasteiger partial charge in [-0.05, 0) is 37.0 Å². The van der Waals surface area contributed by atoms with Crippen LogP contribution in [-0.4, -0.2) is 33.0 Å². The number of nitrogens with zero attached hydrogens (tertiary/aromatic N) is 1. The first kappa shape index (κ1) is 14.1. The van der Waals surface area contributed by atoms with E-state index in [4.69, 9.17) is 0 Å². The van der Waals surface area contributed by atoms with Crippen LogP contribution in [0.4, 0.5) is 0 Å². The maximum absolute atomic E-state index is 12.1. The topological polar surface area (TPSA) is 95.1 Å². The molecule has 2 saturated carbocycles. The minimum absolute atomic E-state index is 0.139. The van der Waals surface area contributed by atoms with Crippen molar-refractivity contribution in [3.05, 3.63) is 18.2 Å². The van der Waals surface area contributed by atoms with Gasteiger partial charge < -0.3 is 15.4 Å². The fourth-order valence-corrected chi connectivity index (χ4v) is 3.93. The lowest BCUT2D eigenvalue weighted by Gasteiger charge is -2.22. The Hall–Kier alpha value is -1.85. The number of H-pyrrole nitrogens is 1. The molecular formula is C15H21N3O3. The largest absolute Gasteiger partial charge is 0.480 e. The van der Waals surface area contributed by atoms with E-state index in [9.17, 15) is 14.7 Å². The second-order valence-electron chi connectivity index (χ2n) is 6.38. The molecule has 6 heteroatoms. The first-order valence-corrected chi connectivity index (χ1v) is 7.61. The van der Waals surface area contributed by atoms with Crippen LogP contribution in [-0.2, 0) is 16.0 Å². The molecule has 1 aromatic heterocycles. The van der Waals surface area contributed by atoms with Crippen molar-refractivity contribution in [1.82, 2.24) is 15.3 Å². The number of hydrogen-bond acceptors (Lipinski definition) is 3. The van der Waals surface area contributed by atoms with Gasteiger partial charge >= 0.3 is 5.97 Å². The zero-order valence-corrected chi connectivity index (χ0v) is 11.9. The van der Waals surface area contributed by atoms with Crippen LogP contribution in [0.5, 0.6) is 0 Å². The lowest BCUT2D eigenvalue weighted by molar-refractivity contribution is -0.142. The molecule has 0 aromatic carbocycles. The number of aromatic amines is 1. The highest BCUT2D eigenvalue weighted by atomic mass is 16.4. The van der Waals surface area contributed by atoms with Gasteiger partial charge in [-0.2, -0.15) is 0 Å². The molecule has 2 fully saturated rings. The predicted octanol–water partition coefficient (Wildman–Crippen LogP) is 1.35. The Bertz CT molecular complexity index is 514. The molecule has 0 aliphatic heterocycles. The summed E-state index contributed by atoms with van der Waals surface area (Å²) in [7, 11) is 0. The molecule has 4 atom stereocenters. The van der Waals surface area contributed by atoms with Crippen LogP contribution in [0.3, 0.4) is 0 Å². The number of amides is 1. The zero-order valence-electron chi connectivity index (χ0n) is 11.9. The molecule has 2 aliphatic carbocycles. The standard InChI is InChI=1S/C15H21N3O3/c19-14(5-11-4-9-1-2-10(11)3-9)18-13(15(20)21)6-12-7-16-8-17-12/h7-11,13H,1-6H2,(H,16,17)(H,18,19)(H,20,21)/t9?,10?,11?,13-/m1/s1. The van der Waals surface area contributed by atoms with Gasteiger partial charge in [0.25, 0.3) is 0 Å². The van der Waals surface area contributed by atoms with Gasteiger partial charge in [0.05, 0.1) is 6.33 Å². The summed E-state index contributed by atoms with van der Waals surface area (Å²) in [6, 6.07) is -0.892. The lowest BCUT2D eigenvalue weighted by Crippen LogP contribution is -2.43. The molecule has 21 heavy (non-hydrogen) atoms. The average molecular weight is 291 g/mol. The van der Waals surface area contributed by atoms with Crippen molar-refractivity contribution in [1.29, 1.82) is 0 Å². The van der Waals surface area contributed by atoms with Gasteiger partial charge in [0.15, 0.2) is 0 Å². The second-order valence-corrected chi connectivity index (χ2v) is 6.38. The Kier molecular flexibility index (Phi) is 3.94. The summed E-state index contributed by atoms with van der Waals surface area (Å²) in [5.74, 6) is 0.778. The number of rotatable bonds is 6. The van der Waals surface area contributed by atoms with E-state index in [1.165, 1.54) is 25.6 Å². The minimum atomic E-state index is -1.01. The van der Waals surface area contributed by atoms with Gasteiger partial charge in [-0.15, -0.1) is 0 Å². The summed E-state index contributed by atoms with van der Waals surface area (Å²) >= 11 is 0. The van der Waals surface area contributed by atoms with Crippen molar-refractivity contribution in [3.63, 3.8) is 0 Å². The molecule has 0 saturated heterocycles. The van der Waals surface area contributed by atoms with Crippen LogP contribution < -0.4 is 5.32 Å². The van der Waals surface area contributed by atoms with Crippen molar-refractivity contribution in [2.24, 2.45) is 17.8 Å². The minimum Gasteiger partial charge on any atom is -0.480 e. The third-order valence-electron chi connectivity index (χ3n) is 4.94. The van der Waals surface area contributed by atoms with Crippen molar-refractivity contribution < 1.29 is 14.7 Å². The molecule has 114 valence electrons. The van der Waals surface area contributed by atoms with Crippen molar-refractivity contribution in [2.75, 3.05) is 0 Å². The van der Waals surface area contributed by atoms with Gasteiger partial charge in [-0.1, -0.05) is 6.42 Å². The number of aromatic nitrogens is 2. The fourth-order valence-electron chi connectivity index (χ4n) is 3.93. The smallest absolute Gasteiger partial charge is 0.326 e. The number of aliphatic carboxylic acids is 1. The molecule has 0 radical (unpaired) electrons. The van der Waals surface area contributed by atoms with E-state index in [0.29, 0.717) is 24.0 Å². The van der Waals surface area contributed by atoms with E-state index < -0.39 is 12.0 Å². The average Bonchev–Trinajstić information content (AvgIpc) is 3.14. The number of carbonyl (C=O) groups is 2. The lowest BCUT2D eigenvalue weighted by atomic mass is 9.86. The molecule has 0 spiro atoms. The summed E-state index contributed by atoms with van der Waals surface area (Å²) in [4.78, 5) is 30.1. The third-order valence-corrected chi connectivity index (χ3v) is 4.94. The molecule has 6 nitrogen and oxygen atoms in total. The molecule has 1 heterocycles. The van der Waals surface area contributed by atoms with Crippen molar-refractivity contribution in [2.45, 2.75) is 44.6 Å². The van der Waals surface area contributed by atoms with Crippen LogP contribution in [0.15, 0.2) is 12.5 Å². The molecular weight excluding hydrogens is 270 g/mol. The predicted molar refractivity (Wildman–Crippen MR) is 75.4 cm³/mol. The fraction of sp³-hybridized carbons (Fsp3) is 0.667. The molecule has 1 aromatic rings. The van der Waals surface area contributed by atoms with Crippen LogP contribution >= 0.6 is 0 Å². The van der Waals surface area contributed by atoms with E-state index in [-0.39, 0.29) is 12.3 Å². The number of hydrogen-bond donors (Lipinski definition) is 3. The molecule has 3 rings (SSSR count). The Morgan fingerprint density at radius 1 is 1.43 bits per heavy atom. The van der Waals surface area contributed by atoms with Crippen LogP contribution in [0.25, 0.3) is 0 Å². The first-order chi connectivity index (χ1) is 10.1. The number of carboxylic acids is 1. The molecule has 2 aliphatic rings. The highest BCUT2D eigenvalue weighted by Crippen LogP contribution is 2.49. The van der Waals surface area contributed by atoms with E-state index in [1.54, 1.807) is 6.20 Å². The normalized spacial score (nSPS) is 28.5. The van der Waals surface area contributed by atoms with Gasteiger partial charge in [-0.3, -0.25) is 4.79 Å². The molecule has 1 amide bonds. The number of carboxylic acid groups (broad SMARTS) is 1. The number of fused-ring (bicyclic) bond motifs is 2. The summed E-state index contributed by atoms with van der Waals surface area (Å²) in [6.45, 7) is 0. The van der Waals surface area contributed by atoms with E-state index in [2.05, 4.69) is 15.3 Å². The second kappa shape index (κ2) is 5.87. The number of imidazole rings is 1. The highest BCUT2D eigenvalue weighted by Gasteiger charge is 2.40. The SMILES string of the molecule is O=C(CC1CC2CCC1C2)N[C@H](Cc1cnc[nH]1)C(=O)O. The highest BCUT2D eigenvalue weighted by molar-refractivity contribution is 5.83. The van der Waals surface area contributed by atoms with Crippen molar-refractivity contribution in [3.8, 4) is 0 Å². The summed E-state index contributed by atoms with van der Waals surface area (Å²) in [5.41, 5.74) is 0.711. The zero-order chi connectivity index (χ0) is 14.8. The van der Waals surface area contributed by atoms with Gasteiger partial charge in [0, 0.05) is 24.7 Å². The van der Waals surface area contributed by atoms with Crippen LogP contribution in [0, 0.1) is 17.8 Å². The Labute approximate surface area is 123 Å². The Balaban J connectivity index is 1.53. The van der Waals surface area contributed by atoms with E-state index in [0.717, 1.165) is 12.3 Å². The molecule has 3 unspecified atom stereocenters. The van der Waals surface area contributed by atoms with Gasteiger partial charge in [-0.25, -0.2) is 9.78 Å². The summed E-state index contributed by atoms with van der Waals surface area (Å²) in [5, 5.41) is 11.9. The molecule has 2 bridgehead atoms. The Morgan fingerprint density at radius 3 is 2.86 bits per heavy atom. The summed E-state index contributed by atoms with van der Waals surface area (Å²) < 4.78 is 0. The van der Waals surface area contributed by atoms with Gasteiger partial charge in [0.2, 0.25) is 5.91 Å². The van der Waals surface area contributed by atoms with Crippen LogP contribution in [0.2, 0.25) is 0 Å².